The summed E-state index contributed by atoms with van der Waals surface area (Å²) in [5, 5.41) is 0. The molecule has 0 atom stereocenters. The van der Waals surface area contributed by atoms with Gasteiger partial charge in [0.2, 0.25) is 0 Å². The Morgan fingerprint density at radius 3 is 2.38 bits per heavy atom. The number of hydrogen-bond donors (Lipinski definition) is 1. The van der Waals surface area contributed by atoms with Crippen LogP contribution >= 0.6 is 0 Å². The third-order valence-electron chi connectivity index (χ3n) is 4.91. The van der Waals surface area contributed by atoms with Crippen LogP contribution in [-0.4, -0.2) is 29.9 Å². The molecule has 1 saturated heterocycles. The van der Waals surface area contributed by atoms with Gasteiger partial charge in [-0.05, 0) is 31.2 Å². The second-order valence-electron chi connectivity index (χ2n) is 6.53. The fourth-order valence-corrected chi connectivity index (χ4v) is 3.59. The number of rotatable bonds is 4. The van der Waals surface area contributed by atoms with E-state index in [1.54, 1.807) is 0 Å². The zero-order chi connectivity index (χ0) is 14.5. The van der Waals surface area contributed by atoms with E-state index in [0.29, 0.717) is 12.0 Å². The van der Waals surface area contributed by atoms with Gasteiger partial charge in [0.1, 0.15) is 0 Å². The molecule has 1 saturated carbocycles. The maximum atomic E-state index is 6.20. The molecule has 3 rings (SSSR count). The van der Waals surface area contributed by atoms with Gasteiger partial charge >= 0.3 is 0 Å². The van der Waals surface area contributed by atoms with Crippen molar-refractivity contribution in [3.05, 3.63) is 35.9 Å². The predicted octanol–water partition coefficient (Wildman–Crippen LogP) is 3.20. The molecule has 1 heterocycles. The second kappa shape index (κ2) is 7.08. The molecule has 114 valence electrons. The highest BCUT2D eigenvalue weighted by atomic mass is 15.1. The van der Waals surface area contributed by atoms with Gasteiger partial charge in [-0.25, -0.2) is 0 Å². The van der Waals surface area contributed by atoms with E-state index in [1.807, 2.05) is 0 Å². The van der Waals surface area contributed by atoms with Crippen molar-refractivity contribution in [3.63, 3.8) is 0 Å². The number of aliphatic imine (C=N–C) groups is 1. The number of benzene rings is 1. The fourth-order valence-electron chi connectivity index (χ4n) is 3.59. The molecule has 0 spiro atoms. The van der Waals surface area contributed by atoms with Crippen LogP contribution < -0.4 is 5.73 Å². The SMILES string of the molecule is NC(=NC1CCN(Cc2ccccc2)CC1)C1CCCC1. The first-order chi connectivity index (χ1) is 10.3. The lowest BCUT2D eigenvalue weighted by Crippen LogP contribution is -2.36. The normalized spacial score (nSPS) is 22.8. The van der Waals surface area contributed by atoms with E-state index >= 15 is 0 Å². The largest absolute Gasteiger partial charge is 0.387 e. The van der Waals surface area contributed by atoms with Gasteiger partial charge < -0.3 is 5.73 Å². The Kier molecular flexibility index (Phi) is 4.91. The van der Waals surface area contributed by atoms with Crippen LogP contribution in [0.2, 0.25) is 0 Å². The third-order valence-corrected chi connectivity index (χ3v) is 4.91. The van der Waals surface area contributed by atoms with Crippen LogP contribution in [0.3, 0.4) is 0 Å². The number of nitrogens with two attached hydrogens (primary N) is 1. The summed E-state index contributed by atoms with van der Waals surface area (Å²) >= 11 is 0. The third kappa shape index (κ3) is 4.07. The van der Waals surface area contributed by atoms with Gasteiger partial charge in [-0.3, -0.25) is 9.89 Å². The Bertz CT molecular complexity index is 455. The van der Waals surface area contributed by atoms with Gasteiger partial charge in [0, 0.05) is 25.6 Å². The van der Waals surface area contributed by atoms with Crippen LogP contribution in [-0.2, 0) is 6.54 Å². The van der Waals surface area contributed by atoms with E-state index in [9.17, 15) is 0 Å². The molecule has 3 nitrogen and oxygen atoms in total. The van der Waals surface area contributed by atoms with E-state index in [1.165, 1.54) is 31.2 Å². The Morgan fingerprint density at radius 2 is 1.71 bits per heavy atom. The molecule has 1 aromatic rings. The molecule has 0 bridgehead atoms. The maximum absolute atomic E-state index is 6.20. The summed E-state index contributed by atoms with van der Waals surface area (Å²) in [6.07, 6.45) is 7.47. The molecule has 1 aliphatic heterocycles. The Balaban J connectivity index is 1.47. The lowest BCUT2D eigenvalue weighted by Gasteiger charge is -2.30. The molecule has 0 aromatic heterocycles. The van der Waals surface area contributed by atoms with Gasteiger partial charge in [0.25, 0.3) is 0 Å². The van der Waals surface area contributed by atoms with Crippen molar-refractivity contribution < 1.29 is 0 Å². The van der Waals surface area contributed by atoms with Gasteiger partial charge in [-0.15, -0.1) is 0 Å². The Morgan fingerprint density at radius 1 is 1.05 bits per heavy atom. The second-order valence-corrected chi connectivity index (χ2v) is 6.53. The molecule has 1 aromatic carbocycles. The van der Waals surface area contributed by atoms with Gasteiger partial charge in [0.15, 0.2) is 0 Å². The van der Waals surface area contributed by atoms with E-state index < -0.39 is 0 Å². The summed E-state index contributed by atoms with van der Waals surface area (Å²) in [7, 11) is 0. The molecule has 2 aliphatic rings. The molecule has 2 N–H and O–H groups in total. The number of amidine groups is 1. The molecule has 21 heavy (non-hydrogen) atoms. The van der Waals surface area contributed by atoms with Crippen LogP contribution in [0.25, 0.3) is 0 Å². The minimum Gasteiger partial charge on any atom is -0.387 e. The molecule has 0 unspecified atom stereocenters. The van der Waals surface area contributed by atoms with Crippen molar-refractivity contribution in [1.82, 2.24) is 4.90 Å². The topological polar surface area (TPSA) is 41.6 Å². The quantitative estimate of drug-likeness (QED) is 0.682. The molecule has 3 heteroatoms. The molecule has 1 aliphatic carbocycles. The average Bonchev–Trinajstić information content (AvgIpc) is 3.05. The number of likely N-dealkylation sites (tertiary alicyclic amines) is 1. The number of hydrogen-bond acceptors (Lipinski definition) is 2. The van der Waals surface area contributed by atoms with Crippen molar-refractivity contribution in [3.8, 4) is 0 Å². The first kappa shape index (κ1) is 14.6. The summed E-state index contributed by atoms with van der Waals surface area (Å²) in [6.45, 7) is 3.34. The maximum Gasteiger partial charge on any atom is 0.0971 e. The molecule has 2 fully saturated rings. The van der Waals surface area contributed by atoms with Crippen molar-refractivity contribution in [2.24, 2.45) is 16.6 Å². The summed E-state index contributed by atoms with van der Waals surface area (Å²) in [4.78, 5) is 7.36. The average molecular weight is 285 g/mol. The molecular weight excluding hydrogens is 258 g/mol. The van der Waals surface area contributed by atoms with E-state index in [-0.39, 0.29) is 0 Å². The van der Waals surface area contributed by atoms with Crippen LogP contribution in [0.1, 0.15) is 44.1 Å². The minimum absolute atomic E-state index is 0.456. The fraction of sp³-hybridized carbons (Fsp3) is 0.611. The van der Waals surface area contributed by atoms with Crippen molar-refractivity contribution in [2.75, 3.05) is 13.1 Å². The number of piperidine rings is 1. The monoisotopic (exact) mass is 285 g/mol. The first-order valence-corrected chi connectivity index (χ1v) is 8.41. The Hall–Kier alpha value is -1.35. The van der Waals surface area contributed by atoms with Crippen LogP contribution in [0.5, 0.6) is 0 Å². The van der Waals surface area contributed by atoms with Gasteiger partial charge in [0.05, 0.1) is 11.9 Å². The first-order valence-electron chi connectivity index (χ1n) is 8.41. The van der Waals surface area contributed by atoms with E-state index in [4.69, 9.17) is 10.7 Å². The van der Waals surface area contributed by atoms with E-state index in [0.717, 1.165) is 38.3 Å². The van der Waals surface area contributed by atoms with Gasteiger partial charge in [-0.1, -0.05) is 43.2 Å². The summed E-state index contributed by atoms with van der Waals surface area (Å²) in [5.41, 5.74) is 7.61. The minimum atomic E-state index is 0.456. The van der Waals surface area contributed by atoms with Crippen LogP contribution in [0.15, 0.2) is 35.3 Å². The Labute approximate surface area is 128 Å². The summed E-state index contributed by atoms with van der Waals surface area (Å²) in [6, 6.07) is 11.2. The summed E-state index contributed by atoms with van der Waals surface area (Å²) in [5.74, 6) is 1.52. The van der Waals surface area contributed by atoms with Crippen molar-refractivity contribution in [1.29, 1.82) is 0 Å². The van der Waals surface area contributed by atoms with Crippen molar-refractivity contribution in [2.45, 2.75) is 51.1 Å². The van der Waals surface area contributed by atoms with Crippen molar-refractivity contribution >= 4 is 5.84 Å². The number of nitrogens with zero attached hydrogens (tertiary/aromatic N) is 2. The van der Waals surface area contributed by atoms with Gasteiger partial charge in [-0.2, -0.15) is 0 Å². The lowest BCUT2D eigenvalue weighted by atomic mass is 10.0. The molecular formula is C18H27N3. The zero-order valence-corrected chi connectivity index (χ0v) is 12.9. The van der Waals surface area contributed by atoms with E-state index in [2.05, 4.69) is 35.2 Å². The van der Waals surface area contributed by atoms with Crippen LogP contribution in [0.4, 0.5) is 0 Å². The highest BCUT2D eigenvalue weighted by molar-refractivity contribution is 5.83. The molecule has 0 amide bonds. The predicted molar refractivity (Wildman–Crippen MR) is 88.3 cm³/mol. The standard InChI is InChI=1S/C18H27N3/c19-18(16-8-4-5-9-16)20-17-10-12-21(13-11-17)14-15-6-2-1-3-7-15/h1-3,6-7,16-17H,4-5,8-14H2,(H2,19,20). The summed E-state index contributed by atoms with van der Waals surface area (Å²) < 4.78 is 0. The lowest BCUT2D eigenvalue weighted by molar-refractivity contribution is 0.206. The zero-order valence-electron chi connectivity index (χ0n) is 12.9. The highest BCUT2D eigenvalue weighted by Crippen LogP contribution is 2.25. The van der Waals surface area contributed by atoms with Crippen LogP contribution in [0, 0.1) is 5.92 Å². The highest BCUT2D eigenvalue weighted by Gasteiger charge is 2.22. The smallest absolute Gasteiger partial charge is 0.0971 e. The molecule has 0 radical (unpaired) electrons.